The van der Waals surface area contributed by atoms with Crippen molar-refractivity contribution in [3.8, 4) is 0 Å². The summed E-state index contributed by atoms with van der Waals surface area (Å²) in [7, 11) is 0. The summed E-state index contributed by atoms with van der Waals surface area (Å²) in [6.45, 7) is 0.579. The summed E-state index contributed by atoms with van der Waals surface area (Å²) in [4.78, 5) is 7.68. The van der Waals surface area contributed by atoms with E-state index in [1.54, 1.807) is 17.5 Å². The van der Waals surface area contributed by atoms with Gasteiger partial charge in [0, 0.05) is 27.5 Å². The zero-order chi connectivity index (χ0) is 14.8. The summed E-state index contributed by atoms with van der Waals surface area (Å²) in [5.74, 6) is 0. The van der Waals surface area contributed by atoms with Crippen molar-refractivity contribution in [2.24, 2.45) is 0 Å². The van der Waals surface area contributed by atoms with Gasteiger partial charge in [0.25, 0.3) is 0 Å². The van der Waals surface area contributed by atoms with E-state index < -0.39 is 0 Å². The summed E-state index contributed by atoms with van der Waals surface area (Å²) in [6.07, 6.45) is 1.79. The normalized spacial score (nSPS) is 21.6. The van der Waals surface area contributed by atoms with Gasteiger partial charge >= 0.3 is 0 Å². The molecule has 2 aromatic heterocycles. The SMILES string of the molecule is OCCN1C(=S)NC(c2ccccn2)C1c1cc(Br)cs1. The second-order valence-corrected chi connectivity index (χ2v) is 6.96. The summed E-state index contributed by atoms with van der Waals surface area (Å²) in [5, 5.41) is 15.4. The van der Waals surface area contributed by atoms with E-state index in [-0.39, 0.29) is 18.7 Å². The van der Waals surface area contributed by atoms with Gasteiger partial charge in [-0.25, -0.2) is 0 Å². The van der Waals surface area contributed by atoms with E-state index in [2.05, 4.69) is 37.7 Å². The number of nitrogens with one attached hydrogen (secondary N) is 1. The molecule has 7 heteroatoms. The van der Waals surface area contributed by atoms with Crippen LogP contribution in [-0.4, -0.2) is 33.3 Å². The Morgan fingerprint density at radius 2 is 2.33 bits per heavy atom. The second-order valence-electron chi connectivity index (χ2n) is 4.71. The zero-order valence-electron chi connectivity index (χ0n) is 11.1. The summed E-state index contributed by atoms with van der Waals surface area (Å²) < 4.78 is 1.06. The van der Waals surface area contributed by atoms with Gasteiger partial charge < -0.3 is 15.3 Å². The van der Waals surface area contributed by atoms with Crippen molar-refractivity contribution in [1.29, 1.82) is 0 Å². The highest BCUT2D eigenvalue weighted by Gasteiger charge is 2.40. The third kappa shape index (κ3) is 2.96. The van der Waals surface area contributed by atoms with Crippen molar-refractivity contribution in [1.82, 2.24) is 15.2 Å². The standard InChI is InChI=1S/C14H14BrN3OS2/c15-9-7-11(21-8-9)13-12(10-3-1-2-4-16-10)17-14(20)18(13)5-6-19/h1-4,7-8,12-13,19H,5-6H2,(H,17,20). The number of hydrogen-bond donors (Lipinski definition) is 2. The monoisotopic (exact) mass is 383 g/mol. The smallest absolute Gasteiger partial charge is 0.170 e. The fourth-order valence-electron chi connectivity index (χ4n) is 2.55. The number of aliphatic hydroxyl groups excluding tert-OH is 1. The van der Waals surface area contributed by atoms with Crippen molar-refractivity contribution < 1.29 is 5.11 Å². The van der Waals surface area contributed by atoms with E-state index in [0.29, 0.717) is 11.7 Å². The Kier molecular flexibility index (Phi) is 4.54. The van der Waals surface area contributed by atoms with E-state index in [1.807, 2.05) is 23.1 Å². The van der Waals surface area contributed by atoms with Crippen LogP contribution in [0, 0.1) is 0 Å². The molecule has 3 heterocycles. The molecule has 0 spiro atoms. The highest BCUT2D eigenvalue weighted by atomic mass is 79.9. The van der Waals surface area contributed by atoms with Crippen LogP contribution in [-0.2, 0) is 0 Å². The fraction of sp³-hybridized carbons (Fsp3) is 0.286. The van der Waals surface area contributed by atoms with Crippen molar-refractivity contribution in [2.45, 2.75) is 12.1 Å². The number of thiophene rings is 1. The molecule has 1 fully saturated rings. The number of rotatable bonds is 4. The molecule has 1 saturated heterocycles. The molecule has 0 saturated carbocycles. The van der Waals surface area contributed by atoms with Gasteiger partial charge in [-0.15, -0.1) is 11.3 Å². The van der Waals surface area contributed by atoms with Gasteiger partial charge in [-0.05, 0) is 46.3 Å². The largest absolute Gasteiger partial charge is 0.395 e. The Bertz CT molecular complexity index is 634. The predicted molar refractivity (Wildman–Crippen MR) is 91.3 cm³/mol. The Morgan fingerprint density at radius 1 is 1.48 bits per heavy atom. The van der Waals surface area contributed by atoms with Gasteiger partial charge in [-0.3, -0.25) is 4.98 Å². The minimum Gasteiger partial charge on any atom is -0.395 e. The molecule has 110 valence electrons. The van der Waals surface area contributed by atoms with E-state index >= 15 is 0 Å². The molecule has 0 bridgehead atoms. The highest BCUT2D eigenvalue weighted by molar-refractivity contribution is 9.10. The lowest BCUT2D eigenvalue weighted by Crippen LogP contribution is -2.31. The third-order valence-electron chi connectivity index (χ3n) is 3.42. The Balaban J connectivity index is 2.00. The van der Waals surface area contributed by atoms with Crippen molar-refractivity contribution in [3.05, 3.63) is 50.9 Å². The van der Waals surface area contributed by atoms with Crippen molar-refractivity contribution >= 4 is 44.6 Å². The molecule has 3 rings (SSSR count). The molecule has 0 amide bonds. The van der Waals surface area contributed by atoms with E-state index in [4.69, 9.17) is 12.2 Å². The maximum Gasteiger partial charge on any atom is 0.170 e. The van der Waals surface area contributed by atoms with Crippen molar-refractivity contribution in [3.63, 3.8) is 0 Å². The minimum atomic E-state index is -0.00389. The fourth-order valence-corrected chi connectivity index (χ4v) is 4.47. The average Bonchev–Trinajstić information content (AvgIpc) is 3.05. The molecule has 2 atom stereocenters. The maximum atomic E-state index is 9.32. The average molecular weight is 384 g/mol. The van der Waals surface area contributed by atoms with Crippen molar-refractivity contribution in [2.75, 3.05) is 13.2 Å². The molecule has 1 aliphatic rings. The molecule has 1 aliphatic heterocycles. The quantitative estimate of drug-likeness (QED) is 0.794. The van der Waals surface area contributed by atoms with E-state index in [0.717, 1.165) is 10.2 Å². The molecular formula is C14H14BrN3OS2. The van der Waals surface area contributed by atoms with Crippen LogP contribution in [0.3, 0.4) is 0 Å². The van der Waals surface area contributed by atoms with E-state index in [9.17, 15) is 5.11 Å². The van der Waals surface area contributed by atoms with Gasteiger partial charge in [-0.2, -0.15) is 0 Å². The molecule has 2 unspecified atom stereocenters. The predicted octanol–water partition coefficient (Wildman–Crippen LogP) is 2.87. The molecule has 0 aliphatic carbocycles. The number of halogens is 1. The minimum absolute atomic E-state index is 0.00389. The van der Waals surface area contributed by atoms with Crippen LogP contribution >= 0.6 is 39.5 Å². The van der Waals surface area contributed by atoms with Crippen LogP contribution in [0.15, 0.2) is 40.3 Å². The Labute approximate surface area is 140 Å². The Hall–Kier alpha value is -1.02. The van der Waals surface area contributed by atoms with Crippen LogP contribution < -0.4 is 5.32 Å². The first-order valence-electron chi connectivity index (χ1n) is 6.53. The zero-order valence-corrected chi connectivity index (χ0v) is 14.3. The lowest BCUT2D eigenvalue weighted by Gasteiger charge is -2.25. The van der Waals surface area contributed by atoms with Crippen LogP contribution in [0.4, 0.5) is 0 Å². The molecule has 0 aromatic carbocycles. The number of β-amino-alcohol motifs (C(OH)–C–C–N with tert-alkyl or cyclic N) is 1. The summed E-state index contributed by atoms with van der Waals surface area (Å²) >= 11 is 10.6. The Morgan fingerprint density at radius 3 is 2.95 bits per heavy atom. The molecule has 21 heavy (non-hydrogen) atoms. The van der Waals surface area contributed by atoms with E-state index in [1.165, 1.54) is 4.88 Å². The molecule has 2 N–H and O–H groups in total. The first kappa shape index (κ1) is 14.9. The van der Waals surface area contributed by atoms with Crippen LogP contribution in [0.5, 0.6) is 0 Å². The number of aliphatic hydroxyl groups is 1. The maximum absolute atomic E-state index is 9.32. The lowest BCUT2D eigenvalue weighted by molar-refractivity contribution is 0.224. The molecular weight excluding hydrogens is 370 g/mol. The first-order valence-corrected chi connectivity index (χ1v) is 8.61. The van der Waals surface area contributed by atoms with Crippen LogP contribution in [0.1, 0.15) is 22.7 Å². The van der Waals surface area contributed by atoms with Gasteiger partial charge in [0.15, 0.2) is 5.11 Å². The number of aromatic nitrogens is 1. The number of pyridine rings is 1. The molecule has 2 aromatic rings. The number of nitrogens with zero attached hydrogens (tertiary/aromatic N) is 2. The highest BCUT2D eigenvalue weighted by Crippen LogP contribution is 2.41. The lowest BCUT2D eigenvalue weighted by atomic mass is 10.0. The molecule has 4 nitrogen and oxygen atoms in total. The van der Waals surface area contributed by atoms with Crippen LogP contribution in [0.2, 0.25) is 0 Å². The van der Waals surface area contributed by atoms with Gasteiger partial charge in [-0.1, -0.05) is 6.07 Å². The second kappa shape index (κ2) is 6.39. The van der Waals surface area contributed by atoms with Gasteiger partial charge in [0.2, 0.25) is 0 Å². The topological polar surface area (TPSA) is 48.4 Å². The summed E-state index contributed by atoms with van der Waals surface area (Å²) in [5.41, 5.74) is 0.954. The number of thiocarbonyl (C=S) groups is 1. The van der Waals surface area contributed by atoms with Gasteiger partial charge in [0.1, 0.15) is 0 Å². The van der Waals surface area contributed by atoms with Gasteiger partial charge in [0.05, 0.1) is 24.4 Å². The third-order valence-corrected chi connectivity index (χ3v) is 5.53. The first-order chi connectivity index (χ1) is 10.2. The molecule has 0 radical (unpaired) electrons. The number of hydrogen-bond acceptors (Lipinski definition) is 4. The summed E-state index contributed by atoms with van der Waals surface area (Å²) in [6, 6.07) is 8.03. The van der Waals surface area contributed by atoms with Crippen LogP contribution in [0.25, 0.3) is 0 Å².